The third-order valence-corrected chi connectivity index (χ3v) is 4.83. The number of amides is 1. The van der Waals surface area contributed by atoms with E-state index in [4.69, 9.17) is 16.3 Å². The summed E-state index contributed by atoms with van der Waals surface area (Å²) in [5.74, 6) is -0.672. The Morgan fingerprint density at radius 3 is 2.59 bits per heavy atom. The number of anilines is 1. The van der Waals surface area contributed by atoms with Gasteiger partial charge in [0.2, 0.25) is 5.91 Å². The number of ether oxygens (including phenoxy) is 1. The molecule has 22 heavy (non-hydrogen) atoms. The number of carbonyl (C=O) groups is 2. The van der Waals surface area contributed by atoms with E-state index < -0.39 is 5.97 Å². The quantitative estimate of drug-likeness (QED) is 0.858. The number of rotatable bonds is 4. The molecule has 116 valence electrons. The minimum absolute atomic E-state index is 0.149. The molecule has 0 fully saturated rings. The van der Waals surface area contributed by atoms with E-state index in [1.54, 1.807) is 12.1 Å². The van der Waals surface area contributed by atoms with Crippen LogP contribution in [0, 0.1) is 13.8 Å². The molecular weight excluding hydrogens is 322 g/mol. The van der Waals surface area contributed by atoms with Crippen molar-refractivity contribution in [1.82, 2.24) is 0 Å². The first kappa shape index (κ1) is 16.5. The maximum atomic E-state index is 12.2. The van der Waals surface area contributed by atoms with Gasteiger partial charge < -0.3 is 10.1 Å². The zero-order chi connectivity index (χ0) is 16.3. The van der Waals surface area contributed by atoms with Crippen LogP contribution in [0.15, 0.2) is 24.3 Å². The standard InChI is InChI=1S/C16H16ClNO3S/c1-9-10(2)22-15(14(9)16(20)21-3)18-13(19)8-11-6-4-5-7-12(11)17/h4-7H,8H2,1-3H3,(H,18,19). The zero-order valence-corrected chi connectivity index (χ0v) is 14.1. The smallest absolute Gasteiger partial charge is 0.341 e. The second kappa shape index (κ2) is 6.94. The van der Waals surface area contributed by atoms with E-state index in [0.29, 0.717) is 15.6 Å². The van der Waals surface area contributed by atoms with Gasteiger partial charge in [0.15, 0.2) is 0 Å². The molecule has 0 atom stereocenters. The van der Waals surface area contributed by atoms with Gasteiger partial charge in [0.1, 0.15) is 5.00 Å². The number of methoxy groups -OCH3 is 1. The van der Waals surface area contributed by atoms with Crippen LogP contribution in [0.25, 0.3) is 0 Å². The van der Waals surface area contributed by atoms with Gasteiger partial charge in [0.25, 0.3) is 0 Å². The van der Waals surface area contributed by atoms with Gasteiger partial charge in [0, 0.05) is 9.90 Å². The number of carbonyl (C=O) groups excluding carboxylic acids is 2. The molecule has 1 amide bonds. The lowest BCUT2D eigenvalue weighted by Crippen LogP contribution is -2.16. The summed E-state index contributed by atoms with van der Waals surface area (Å²) < 4.78 is 4.79. The first-order chi connectivity index (χ1) is 10.4. The van der Waals surface area contributed by atoms with Crippen LogP contribution in [-0.2, 0) is 16.0 Å². The van der Waals surface area contributed by atoms with Gasteiger partial charge in [-0.25, -0.2) is 4.79 Å². The second-order valence-electron chi connectivity index (χ2n) is 4.80. The first-order valence-corrected chi connectivity index (χ1v) is 7.85. The highest BCUT2D eigenvalue weighted by molar-refractivity contribution is 7.16. The zero-order valence-electron chi connectivity index (χ0n) is 12.5. The molecule has 2 aromatic rings. The highest BCUT2D eigenvalue weighted by Gasteiger charge is 2.21. The summed E-state index contributed by atoms with van der Waals surface area (Å²) in [6.45, 7) is 3.73. The van der Waals surface area contributed by atoms with E-state index in [1.807, 2.05) is 26.0 Å². The molecule has 6 heteroatoms. The summed E-state index contributed by atoms with van der Waals surface area (Å²) >= 11 is 7.42. The molecule has 0 aliphatic carbocycles. The molecule has 2 rings (SSSR count). The van der Waals surface area contributed by atoms with Crippen molar-refractivity contribution in [3.63, 3.8) is 0 Å². The fourth-order valence-electron chi connectivity index (χ4n) is 2.05. The largest absolute Gasteiger partial charge is 0.465 e. The molecule has 0 aliphatic rings. The van der Waals surface area contributed by atoms with E-state index in [0.717, 1.165) is 16.0 Å². The van der Waals surface area contributed by atoms with Crippen LogP contribution in [0.4, 0.5) is 5.00 Å². The Labute approximate surface area is 138 Å². The summed E-state index contributed by atoms with van der Waals surface area (Å²) in [5, 5.41) is 3.84. The fourth-order valence-corrected chi connectivity index (χ4v) is 3.32. The molecular formula is C16H16ClNO3S. The van der Waals surface area contributed by atoms with Gasteiger partial charge in [-0.2, -0.15) is 0 Å². The van der Waals surface area contributed by atoms with Crippen molar-refractivity contribution in [2.24, 2.45) is 0 Å². The van der Waals surface area contributed by atoms with Crippen LogP contribution in [0.5, 0.6) is 0 Å². The first-order valence-electron chi connectivity index (χ1n) is 6.65. The van der Waals surface area contributed by atoms with E-state index in [9.17, 15) is 9.59 Å². The Morgan fingerprint density at radius 2 is 1.95 bits per heavy atom. The van der Waals surface area contributed by atoms with Gasteiger partial charge in [-0.15, -0.1) is 11.3 Å². The van der Waals surface area contributed by atoms with Crippen molar-refractivity contribution in [1.29, 1.82) is 0 Å². The number of benzene rings is 1. The monoisotopic (exact) mass is 337 g/mol. The number of esters is 1. The third-order valence-electron chi connectivity index (χ3n) is 3.34. The Morgan fingerprint density at radius 1 is 1.27 bits per heavy atom. The van der Waals surface area contributed by atoms with Gasteiger partial charge >= 0.3 is 5.97 Å². The summed E-state index contributed by atoms with van der Waals surface area (Å²) in [4.78, 5) is 25.0. The molecule has 4 nitrogen and oxygen atoms in total. The molecule has 0 bridgehead atoms. The minimum Gasteiger partial charge on any atom is -0.465 e. The number of hydrogen-bond donors (Lipinski definition) is 1. The van der Waals surface area contributed by atoms with Crippen LogP contribution in [0.1, 0.15) is 26.4 Å². The Bertz CT molecular complexity index is 724. The molecule has 1 heterocycles. The van der Waals surface area contributed by atoms with Crippen molar-refractivity contribution >= 4 is 39.8 Å². The highest BCUT2D eigenvalue weighted by atomic mass is 35.5. The van der Waals surface area contributed by atoms with Crippen LogP contribution in [0.2, 0.25) is 5.02 Å². The Balaban J connectivity index is 2.21. The average molecular weight is 338 g/mol. The summed E-state index contributed by atoms with van der Waals surface area (Å²) in [7, 11) is 1.32. The molecule has 0 saturated heterocycles. The average Bonchev–Trinajstić information content (AvgIpc) is 2.75. The molecule has 0 aliphatic heterocycles. The van der Waals surface area contributed by atoms with E-state index in [-0.39, 0.29) is 12.3 Å². The van der Waals surface area contributed by atoms with Crippen molar-refractivity contribution in [3.05, 3.63) is 50.9 Å². The summed E-state index contributed by atoms with van der Waals surface area (Å²) in [6.07, 6.45) is 0.149. The predicted molar refractivity (Wildman–Crippen MR) is 88.9 cm³/mol. The minimum atomic E-state index is -0.449. The topological polar surface area (TPSA) is 55.4 Å². The molecule has 0 unspecified atom stereocenters. The molecule has 0 spiro atoms. The summed E-state index contributed by atoms with van der Waals surface area (Å²) in [6, 6.07) is 7.18. The fraction of sp³-hybridized carbons (Fsp3) is 0.250. The molecule has 0 saturated carbocycles. The van der Waals surface area contributed by atoms with E-state index >= 15 is 0 Å². The van der Waals surface area contributed by atoms with Crippen molar-refractivity contribution < 1.29 is 14.3 Å². The van der Waals surface area contributed by atoms with Crippen LogP contribution < -0.4 is 5.32 Å². The third kappa shape index (κ3) is 3.48. The number of thiophene rings is 1. The second-order valence-corrected chi connectivity index (χ2v) is 6.43. The molecule has 1 aromatic carbocycles. The number of halogens is 1. The number of aryl methyl sites for hydroxylation is 1. The lowest BCUT2D eigenvalue weighted by atomic mass is 10.1. The van der Waals surface area contributed by atoms with Gasteiger partial charge in [-0.05, 0) is 31.0 Å². The normalized spacial score (nSPS) is 10.4. The Hall–Kier alpha value is -1.85. The highest BCUT2D eigenvalue weighted by Crippen LogP contribution is 2.33. The molecule has 1 N–H and O–H groups in total. The van der Waals surface area contributed by atoms with Crippen LogP contribution >= 0.6 is 22.9 Å². The van der Waals surface area contributed by atoms with E-state index in [1.165, 1.54) is 18.4 Å². The van der Waals surface area contributed by atoms with E-state index in [2.05, 4.69) is 5.32 Å². The van der Waals surface area contributed by atoms with Gasteiger partial charge in [-0.3, -0.25) is 4.79 Å². The van der Waals surface area contributed by atoms with Crippen molar-refractivity contribution in [2.45, 2.75) is 20.3 Å². The lowest BCUT2D eigenvalue weighted by molar-refractivity contribution is -0.115. The molecule has 0 radical (unpaired) electrons. The predicted octanol–water partition coefficient (Wildman–Crippen LogP) is 3.99. The number of hydrogen-bond acceptors (Lipinski definition) is 4. The van der Waals surface area contributed by atoms with Gasteiger partial charge in [-0.1, -0.05) is 29.8 Å². The Kier molecular flexibility index (Phi) is 5.21. The maximum Gasteiger partial charge on any atom is 0.341 e. The maximum absolute atomic E-state index is 12.2. The van der Waals surface area contributed by atoms with Crippen LogP contribution in [-0.4, -0.2) is 19.0 Å². The molecule has 1 aromatic heterocycles. The summed E-state index contributed by atoms with van der Waals surface area (Å²) in [5.41, 5.74) is 1.98. The van der Waals surface area contributed by atoms with Crippen LogP contribution in [0.3, 0.4) is 0 Å². The van der Waals surface area contributed by atoms with Crippen molar-refractivity contribution in [2.75, 3.05) is 12.4 Å². The van der Waals surface area contributed by atoms with Crippen molar-refractivity contribution in [3.8, 4) is 0 Å². The SMILES string of the molecule is COC(=O)c1c(NC(=O)Cc2ccccc2Cl)sc(C)c1C. The number of nitrogens with one attached hydrogen (secondary N) is 1. The van der Waals surface area contributed by atoms with Gasteiger partial charge in [0.05, 0.1) is 19.1 Å². The lowest BCUT2D eigenvalue weighted by Gasteiger charge is -2.07.